The van der Waals surface area contributed by atoms with Crippen LogP contribution in [0.3, 0.4) is 0 Å². The van der Waals surface area contributed by atoms with Crippen LogP contribution in [0.1, 0.15) is 34.1 Å². The van der Waals surface area contributed by atoms with E-state index in [1.54, 1.807) is 68.7 Å². The molecule has 0 saturated heterocycles. The first kappa shape index (κ1) is 31.4. The lowest BCUT2D eigenvalue weighted by Gasteiger charge is -2.25. The molecule has 0 bridgehead atoms. The number of hydrogen-bond donors (Lipinski definition) is 4. The molecule has 3 aromatic carbocycles. The summed E-state index contributed by atoms with van der Waals surface area (Å²) in [6, 6.07) is 24.2. The molecule has 4 aromatic rings. The molecule has 0 aliphatic carbocycles. The Hall–Kier alpha value is -4.50. The molecule has 1 heterocycles. The van der Waals surface area contributed by atoms with Crippen LogP contribution in [-0.4, -0.2) is 36.0 Å². The second-order valence-corrected chi connectivity index (χ2v) is 12.4. The van der Waals surface area contributed by atoms with Crippen molar-refractivity contribution in [3.05, 3.63) is 120 Å². The Bertz CT molecular complexity index is 1680. The van der Waals surface area contributed by atoms with Crippen molar-refractivity contribution >= 4 is 49.1 Å². The van der Waals surface area contributed by atoms with Gasteiger partial charge in [0, 0.05) is 28.6 Å². The number of nitrogens with zero attached hydrogens (tertiary/aromatic N) is 1. The van der Waals surface area contributed by atoms with E-state index in [1.165, 1.54) is 11.8 Å². The van der Waals surface area contributed by atoms with Gasteiger partial charge in [-0.2, -0.15) is 0 Å². The number of amides is 1. The molecule has 11 heteroatoms. The van der Waals surface area contributed by atoms with E-state index in [0.717, 1.165) is 15.4 Å². The van der Waals surface area contributed by atoms with Crippen LogP contribution in [0.15, 0.2) is 107 Å². The predicted octanol–water partition coefficient (Wildman–Crippen LogP) is 6.76. The molecule has 220 valence electrons. The van der Waals surface area contributed by atoms with Crippen LogP contribution >= 0.6 is 19.4 Å². The maximum Gasteiger partial charge on any atom is 0.417 e. The first-order chi connectivity index (χ1) is 20.7. The zero-order valence-electron chi connectivity index (χ0n) is 23.9. The maximum atomic E-state index is 14.3. The van der Waals surface area contributed by atoms with E-state index in [-0.39, 0.29) is 11.6 Å². The molecule has 1 amide bonds. The number of pyridine rings is 1. The van der Waals surface area contributed by atoms with E-state index in [2.05, 4.69) is 20.5 Å². The molecule has 1 aromatic heterocycles. The first-order valence-electron chi connectivity index (χ1n) is 13.4. The van der Waals surface area contributed by atoms with Gasteiger partial charge in [-0.1, -0.05) is 47.7 Å². The quantitative estimate of drug-likeness (QED) is 0.0739. The Balaban J connectivity index is 1.75. The molecular formula is C32H32N5O4PS. The summed E-state index contributed by atoms with van der Waals surface area (Å²) in [5.41, 5.74) is 3.08. The second kappa shape index (κ2) is 14.6. The van der Waals surface area contributed by atoms with Gasteiger partial charge in [-0.25, -0.2) is 9.65 Å². The summed E-state index contributed by atoms with van der Waals surface area (Å²) in [7, 11) is -2.39. The zero-order valence-corrected chi connectivity index (χ0v) is 25.6. The topological polar surface area (TPSA) is 133 Å². The number of rotatable bonds is 13. The van der Waals surface area contributed by atoms with Crippen LogP contribution in [0, 0.1) is 12.3 Å². The van der Waals surface area contributed by atoms with E-state index in [9.17, 15) is 14.2 Å². The van der Waals surface area contributed by atoms with Crippen LogP contribution in [0.25, 0.3) is 6.08 Å². The summed E-state index contributed by atoms with van der Waals surface area (Å²) in [4.78, 5) is 29.7. The van der Waals surface area contributed by atoms with Crippen molar-refractivity contribution < 1.29 is 18.7 Å². The highest BCUT2D eigenvalue weighted by atomic mass is 32.2. The molecule has 9 nitrogen and oxygen atoms in total. The maximum absolute atomic E-state index is 14.3. The highest BCUT2D eigenvalue weighted by molar-refractivity contribution is 7.99. The van der Waals surface area contributed by atoms with Crippen LogP contribution in [0.5, 0.6) is 5.75 Å². The third kappa shape index (κ3) is 8.75. The molecule has 43 heavy (non-hydrogen) atoms. The number of hydrogen-bond acceptors (Lipinski definition) is 7. The number of nitrogens with one attached hydrogen (secondary N) is 4. The van der Waals surface area contributed by atoms with E-state index < -0.39 is 13.7 Å². The summed E-state index contributed by atoms with van der Waals surface area (Å²) in [6.07, 6.45) is 5.61. The van der Waals surface area contributed by atoms with Gasteiger partial charge in [-0.05, 0) is 80.6 Å². The number of allylic oxidation sites excluding steroid dienone is 1. The van der Waals surface area contributed by atoms with Crippen molar-refractivity contribution in [2.24, 2.45) is 0 Å². The molecule has 0 radical (unpaired) electrons. The van der Waals surface area contributed by atoms with Gasteiger partial charge in [0.1, 0.15) is 12.0 Å². The SMILES string of the molecule is CNC(=O)c1ccccc1Sc1ccc(C(=N)/C=C/c2ccccn2)c(NP(=O)(NC(C)C=O)Oc2ccc(C)cc2)c1. The predicted molar refractivity (Wildman–Crippen MR) is 172 cm³/mol. The van der Waals surface area contributed by atoms with Gasteiger partial charge in [0.05, 0.1) is 28.7 Å². The highest BCUT2D eigenvalue weighted by Gasteiger charge is 2.29. The number of aldehydes is 1. The largest absolute Gasteiger partial charge is 0.418 e. The second-order valence-electron chi connectivity index (χ2n) is 9.51. The van der Waals surface area contributed by atoms with Crippen molar-refractivity contribution in [3.8, 4) is 5.75 Å². The van der Waals surface area contributed by atoms with Crippen molar-refractivity contribution in [1.82, 2.24) is 15.4 Å². The van der Waals surface area contributed by atoms with Crippen LogP contribution < -0.4 is 20.0 Å². The first-order valence-corrected chi connectivity index (χ1v) is 15.8. The van der Waals surface area contributed by atoms with Gasteiger partial charge in [0.2, 0.25) is 0 Å². The Morgan fingerprint density at radius 1 is 1.02 bits per heavy atom. The van der Waals surface area contributed by atoms with E-state index in [1.807, 2.05) is 55.5 Å². The van der Waals surface area contributed by atoms with Crippen molar-refractivity contribution in [3.63, 3.8) is 0 Å². The minimum absolute atomic E-state index is 0.126. The summed E-state index contributed by atoms with van der Waals surface area (Å²) in [5.74, 6) is 0.117. The summed E-state index contributed by atoms with van der Waals surface area (Å²) < 4.78 is 20.2. The zero-order chi connectivity index (χ0) is 30.8. The highest BCUT2D eigenvalue weighted by Crippen LogP contribution is 2.45. The number of benzene rings is 3. The summed E-state index contributed by atoms with van der Waals surface area (Å²) >= 11 is 1.35. The standard InChI is InChI=1S/C32H32N5O4PS/c1-22-11-14-25(15-12-22)41-42(40,36-23(2)21-38)37-30-20-26(43-31-10-5-4-9-28(31)32(39)34-3)16-17-27(30)29(33)18-13-24-8-6-7-19-35-24/h4-21,23,33H,1-3H3,(H,34,39)(H2,36,37,40)/b18-13+,33-29?. The van der Waals surface area contributed by atoms with Gasteiger partial charge in [0.25, 0.3) is 5.91 Å². The average molecular weight is 614 g/mol. The minimum Gasteiger partial charge on any atom is -0.418 e. The van der Waals surface area contributed by atoms with Crippen LogP contribution in [-0.2, 0) is 9.36 Å². The lowest BCUT2D eigenvalue weighted by atomic mass is 10.1. The van der Waals surface area contributed by atoms with Crippen molar-refractivity contribution in [2.75, 3.05) is 12.1 Å². The molecule has 4 N–H and O–H groups in total. The molecule has 0 fully saturated rings. The van der Waals surface area contributed by atoms with Gasteiger partial charge in [-0.15, -0.1) is 0 Å². The monoisotopic (exact) mass is 613 g/mol. The third-order valence-electron chi connectivity index (χ3n) is 6.08. The van der Waals surface area contributed by atoms with E-state index in [4.69, 9.17) is 9.93 Å². The molecule has 2 atom stereocenters. The Labute approximate surface area is 255 Å². The van der Waals surface area contributed by atoms with Crippen molar-refractivity contribution in [1.29, 1.82) is 5.41 Å². The molecule has 2 unspecified atom stereocenters. The summed E-state index contributed by atoms with van der Waals surface area (Å²) in [6.45, 7) is 3.50. The van der Waals surface area contributed by atoms with Crippen molar-refractivity contribution in [2.45, 2.75) is 29.7 Å². The molecule has 0 aliphatic rings. The molecular weight excluding hydrogens is 581 g/mol. The molecule has 4 rings (SSSR count). The number of carbonyl (C=O) groups excluding carboxylic acids is 2. The fraction of sp³-hybridized carbons (Fsp3) is 0.125. The smallest absolute Gasteiger partial charge is 0.417 e. The number of anilines is 1. The van der Waals surface area contributed by atoms with E-state index >= 15 is 0 Å². The van der Waals surface area contributed by atoms with E-state index in [0.29, 0.717) is 34.5 Å². The van der Waals surface area contributed by atoms with Gasteiger partial charge in [-0.3, -0.25) is 14.9 Å². The normalized spacial score (nSPS) is 13.1. The number of aromatic nitrogens is 1. The minimum atomic E-state index is -3.96. The number of carbonyl (C=O) groups is 2. The lowest BCUT2D eigenvalue weighted by molar-refractivity contribution is -0.108. The van der Waals surface area contributed by atoms with Crippen LogP contribution in [0.4, 0.5) is 5.69 Å². The fourth-order valence-corrected chi connectivity index (χ4v) is 6.60. The Morgan fingerprint density at radius 2 is 1.77 bits per heavy atom. The Morgan fingerprint density at radius 3 is 2.47 bits per heavy atom. The molecule has 0 spiro atoms. The molecule has 0 aliphatic heterocycles. The van der Waals surface area contributed by atoms with Gasteiger partial charge < -0.3 is 20.0 Å². The lowest BCUT2D eigenvalue weighted by Crippen LogP contribution is -2.30. The third-order valence-corrected chi connectivity index (χ3v) is 8.89. The van der Waals surface area contributed by atoms with Gasteiger partial charge in [0.15, 0.2) is 0 Å². The van der Waals surface area contributed by atoms with Crippen LogP contribution in [0.2, 0.25) is 0 Å². The Kier molecular flexibility index (Phi) is 10.7. The van der Waals surface area contributed by atoms with Gasteiger partial charge >= 0.3 is 7.67 Å². The average Bonchev–Trinajstić information content (AvgIpc) is 3.01. The molecule has 0 saturated carbocycles. The number of aryl methyl sites for hydroxylation is 1. The fourth-order valence-electron chi connectivity index (χ4n) is 3.94. The summed E-state index contributed by atoms with van der Waals surface area (Å²) in [5, 5.41) is 17.3.